The van der Waals surface area contributed by atoms with E-state index in [1.54, 1.807) is 16.7 Å². The maximum absolute atomic E-state index is 2.46. The van der Waals surface area contributed by atoms with Crippen LogP contribution < -0.4 is 0 Å². The van der Waals surface area contributed by atoms with E-state index in [0.717, 1.165) is 0 Å². The predicted molar refractivity (Wildman–Crippen MR) is 86.7 cm³/mol. The van der Waals surface area contributed by atoms with E-state index in [0.29, 0.717) is 5.92 Å². The maximum atomic E-state index is 2.46. The molecular formula is C19H31. The molecule has 0 spiro atoms. The zero-order valence-corrected chi connectivity index (χ0v) is 13.6. The van der Waals surface area contributed by atoms with Gasteiger partial charge in [0, 0.05) is 0 Å². The Morgan fingerprint density at radius 1 is 0.842 bits per heavy atom. The summed E-state index contributed by atoms with van der Waals surface area (Å²) in [5.74, 6) is 0.628. The molecule has 1 aromatic rings. The molecule has 107 valence electrons. The summed E-state index contributed by atoms with van der Waals surface area (Å²) in [5, 5.41) is 0. The van der Waals surface area contributed by atoms with Crippen molar-refractivity contribution in [3.63, 3.8) is 0 Å². The molecule has 0 aliphatic rings. The lowest BCUT2D eigenvalue weighted by Gasteiger charge is -2.18. The number of hydrogen-bond donors (Lipinski definition) is 0. The lowest BCUT2D eigenvalue weighted by molar-refractivity contribution is 0.758. The van der Waals surface area contributed by atoms with Gasteiger partial charge in [-0.3, -0.25) is 0 Å². The number of benzene rings is 1. The van der Waals surface area contributed by atoms with Crippen molar-refractivity contribution in [1.82, 2.24) is 0 Å². The van der Waals surface area contributed by atoms with Crippen LogP contribution >= 0.6 is 0 Å². The summed E-state index contributed by atoms with van der Waals surface area (Å²) in [6, 6.07) is 4.92. The fourth-order valence-corrected chi connectivity index (χ4v) is 2.78. The second-order valence-electron chi connectivity index (χ2n) is 5.99. The molecule has 0 bridgehead atoms. The van der Waals surface area contributed by atoms with Crippen LogP contribution in [0.2, 0.25) is 0 Å². The highest BCUT2D eigenvalue weighted by Gasteiger charge is 2.12. The highest BCUT2D eigenvalue weighted by Crippen LogP contribution is 2.26. The molecule has 0 atom stereocenters. The molecule has 0 fully saturated rings. The van der Waals surface area contributed by atoms with Gasteiger partial charge in [0.25, 0.3) is 0 Å². The SMILES string of the molecule is CCCc1cc(CCC)c([CH]C(C)C)c(CCC)c1. The smallest absolute Gasteiger partial charge is 0.00619 e. The molecule has 0 heterocycles. The monoisotopic (exact) mass is 259 g/mol. The Morgan fingerprint density at radius 3 is 1.68 bits per heavy atom. The van der Waals surface area contributed by atoms with E-state index in [4.69, 9.17) is 0 Å². The Balaban J connectivity index is 3.19. The third-order valence-electron chi connectivity index (χ3n) is 3.49. The number of aryl methyl sites for hydroxylation is 3. The predicted octanol–water partition coefficient (Wildman–Crippen LogP) is 5.75. The summed E-state index contributed by atoms with van der Waals surface area (Å²) in [6.45, 7) is 11.4. The Hall–Kier alpha value is -0.780. The second-order valence-corrected chi connectivity index (χ2v) is 5.99. The lowest BCUT2D eigenvalue weighted by atomic mass is 9.87. The van der Waals surface area contributed by atoms with Gasteiger partial charge >= 0.3 is 0 Å². The van der Waals surface area contributed by atoms with E-state index in [1.165, 1.54) is 44.1 Å². The number of hydrogen-bond acceptors (Lipinski definition) is 0. The Morgan fingerprint density at radius 2 is 1.32 bits per heavy atom. The standard InChI is InChI=1S/C19H31/c1-6-9-16-13-17(10-7-2)19(12-15(4)5)18(14-16)11-8-3/h12-15H,6-11H2,1-5H3. The van der Waals surface area contributed by atoms with Gasteiger partial charge in [-0.15, -0.1) is 0 Å². The van der Waals surface area contributed by atoms with E-state index in [2.05, 4.69) is 53.2 Å². The fourth-order valence-electron chi connectivity index (χ4n) is 2.78. The first-order valence-electron chi connectivity index (χ1n) is 8.11. The summed E-state index contributed by atoms with van der Waals surface area (Å²) in [7, 11) is 0. The zero-order valence-electron chi connectivity index (χ0n) is 13.6. The van der Waals surface area contributed by atoms with Crippen LogP contribution in [0.5, 0.6) is 0 Å². The van der Waals surface area contributed by atoms with Gasteiger partial charge < -0.3 is 0 Å². The molecule has 0 saturated heterocycles. The molecule has 0 unspecified atom stereocenters. The van der Waals surface area contributed by atoms with Gasteiger partial charge in [0.1, 0.15) is 0 Å². The lowest BCUT2D eigenvalue weighted by Crippen LogP contribution is -2.05. The van der Waals surface area contributed by atoms with Gasteiger partial charge in [-0.2, -0.15) is 0 Å². The van der Waals surface area contributed by atoms with Crippen molar-refractivity contribution >= 4 is 0 Å². The highest BCUT2D eigenvalue weighted by atomic mass is 14.2. The highest BCUT2D eigenvalue weighted by molar-refractivity contribution is 5.44. The van der Waals surface area contributed by atoms with Crippen LogP contribution in [0.15, 0.2) is 12.1 Å². The minimum atomic E-state index is 0.628. The van der Waals surface area contributed by atoms with E-state index in [1.807, 2.05) is 0 Å². The third kappa shape index (κ3) is 5.01. The van der Waals surface area contributed by atoms with Gasteiger partial charge in [-0.05, 0) is 53.9 Å². The molecule has 0 aliphatic heterocycles. The van der Waals surface area contributed by atoms with Crippen molar-refractivity contribution in [2.75, 3.05) is 0 Å². The minimum absolute atomic E-state index is 0.628. The molecular weight excluding hydrogens is 228 g/mol. The molecule has 1 radical (unpaired) electrons. The summed E-state index contributed by atoms with van der Waals surface area (Å²) >= 11 is 0. The van der Waals surface area contributed by atoms with Gasteiger partial charge in [0.05, 0.1) is 0 Å². The largest absolute Gasteiger partial charge is 0.0651 e. The van der Waals surface area contributed by atoms with Crippen LogP contribution in [0.1, 0.15) is 76.1 Å². The summed E-state index contributed by atoms with van der Waals surface area (Å²) in [4.78, 5) is 0. The maximum Gasteiger partial charge on any atom is -0.00619 e. The van der Waals surface area contributed by atoms with Crippen molar-refractivity contribution in [2.24, 2.45) is 5.92 Å². The van der Waals surface area contributed by atoms with Gasteiger partial charge in [-0.25, -0.2) is 0 Å². The van der Waals surface area contributed by atoms with Crippen molar-refractivity contribution in [2.45, 2.75) is 73.1 Å². The molecule has 0 N–H and O–H groups in total. The molecule has 1 rings (SSSR count). The minimum Gasteiger partial charge on any atom is -0.0651 e. The topological polar surface area (TPSA) is 0 Å². The Kier molecular flexibility index (Phi) is 7.20. The van der Waals surface area contributed by atoms with Crippen molar-refractivity contribution in [3.05, 3.63) is 40.8 Å². The van der Waals surface area contributed by atoms with Crippen LogP contribution in [0.25, 0.3) is 0 Å². The Bertz CT molecular complexity index is 347. The van der Waals surface area contributed by atoms with Crippen molar-refractivity contribution < 1.29 is 0 Å². The Labute approximate surface area is 120 Å². The summed E-state index contributed by atoms with van der Waals surface area (Å²) in [5.41, 5.74) is 6.23. The zero-order chi connectivity index (χ0) is 14.3. The third-order valence-corrected chi connectivity index (χ3v) is 3.49. The molecule has 0 aliphatic carbocycles. The van der Waals surface area contributed by atoms with Crippen LogP contribution in [-0.2, 0) is 19.3 Å². The van der Waals surface area contributed by atoms with Gasteiger partial charge in [0.15, 0.2) is 0 Å². The van der Waals surface area contributed by atoms with Crippen molar-refractivity contribution in [3.8, 4) is 0 Å². The van der Waals surface area contributed by atoms with Gasteiger partial charge in [-0.1, -0.05) is 66.0 Å². The normalized spacial score (nSPS) is 11.3. The molecule has 0 nitrogen and oxygen atoms in total. The van der Waals surface area contributed by atoms with Crippen LogP contribution in [0.4, 0.5) is 0 Å². The van der Waals surface area contributed by atoms with Crippen LogP contribution in [0.3, 0.4) is 0 Å². The van der Waals surface area contributed by atoms with Gasteiger partial charge in [0.2, 0.25) is 0 Å². The molecule has 0 saturated carbocycles. The van der Waals surface area contributed by atoms with Crippen molar-refractivity contribution in [1.29, 1.82) is 0 Å². The number of rotatable bonds is 8. The van der Waals surface area contributed by atoms with Crippen LogP contribution in [0, 0.1) is 12.3 Å². The molecule has 19 heavy (non-hydrogen) atoms. The molecule has 1 aromatic carbocycles. The van der Waals surface area contributed by atoms with E-state index >= 15 is 0 Å². The summed E-state index contributed by atoms with van der Waals surface area (Å²) < 4.78 is 0. The van der Waals surface area contributed by atoms with E-state index in [9.17, 15) is 0 Å². The average molecular weight is 259 g/mol. The summed E-state index contributed by atoms with van der Waals surface area (Å²) in [6.07, 6.45) is 9.82. The fraction of sp³-hybridized carbons (Fsp3) is 0.632. The molecule has 0 amide bonds. The average Bonchev–Trinajstić information content (AvgIpc) is 2.34. The first-order chi connectivity index (χ1) is 9.12. The first-order valence-corrected chi connectivity index (χ1v) is 8.11. The molecule has 0 heteroatoms. The molecule has 0 aromatic heterocycles. The van der Waals surface area contributed by atoms with Crippen LogP contribution in [-0.4, -0.2) is 0 Å². The first kappa shape index (κ1) is 16.3. The van der Waals surface area contributed by atoms with E-state index < -0.39 is 0 Å². The van der Waals surface area contributed by atoms with E-state index in [-0.39, 0.29) is 0 Å². The second kappa shape index (κ2) is 8.40. The quantitative estimate of drug-likeness (QED) is 0.557.